The van der Waals surface area contributed by atoms with E-state index in [0.717, 1.165) is 18.4 Å². The van der Waals surface area contributed by atoms with Crippen LogP contribution in [0.1, 0.15) is 24.1 Å². The Morgan fingerprint density at radius 1 is 1.33 bits per heavy atom. The Balaban J connectivity index is 1.55. The molecule has 2 aromatic rings. The summed E-state index contributed by atoms with van der Waals surface area (Å²) in [6, 6.07) is 7.44. The third kappa shape index (κ3) is 4.01. The first-order valence-electron chi connectivity index (χ1n) is 8.26. The molecule has 1 amide bonds. The Hall–Kier alpha value is -2.18. The first kappa shape index (κ1) is 16.7. The lowest BCUT2D eigenvalue weighted by Gasteiger charge is -2.26. The van der Waals surface area contributed by atoms with E-state index in [4.69, 9.17) is 14.9 Å². The second-order valence-electron chi connectivity index (χ2n) is 6.20. The van der Waals surface area contributed by atoms with Crippen LogP contribution in [0.5, 0.6) is 0 Å². The number of nitrogens with one attached hydrogen (secondary N) is 1. The lowest BCUT2D eigenvalue weighted by atomic mass is 9.92. The van der Waals surface area contributed by atoms with Crippen LogP contribution in [0.25, 0.3) is 11.5 Å². The maximum Gasteiger partial charge on any atom is 0.237 e. The van der Waals surface area contributed by atoms with Gasteiger partial charge in [-0.25, -0.2) is 4.98 Å². The van der Waals surface area contributed by atoms with Gasteiger partial charge in [0, 0.05) is 18.8 Å². The van der Waals surface area contributed by atoms with E-state index in [1.807, 2.05) is 31.2 Å². The number of nitrogens with zero attached hydrogens (tertiary/aromatic N) is 1. The molecule has 1 unspecified atom stereocenters. The minimum atomic E-state index is -0.502. The molecule has 24 heavy (non-hydrogen) atoms. The molecule has 0 saturated carbocycles. The maximum atomic E-state index is 12.2. The van der Waals surface area contributed by atoms with Gasteiger partial charge in [0.2, 0.25) is 11.8 Å². The van der Waals surface area contributed by atoms with E-state index in [-0.39, 0.29) is 11.8 Å². The Labute approximate surface area is 141 Å². The first-order valence-corrected chi connectivity index (χ1v) is 8.26. The number of carbonyl (C=O) groups excluding carboxylic acids is 1. The van der Waals surface area contributed by atoms with E-state index in [1.165, 1.54) is 5.56 Å². The SMILES string of the molecule is Cc1ccc(-c2nc(CNC(=O)C(N)C3CCOCC3)co2)cc1. The fraction of sp³-hybridized carbons (Fsp3) is 0.444. The number of oxazole rings is 1. The van der Waals surface area contributed by atoms with E-state index in [9.17, 15) is 4.79 Å². The first-order chi connectivity index (χ1) is 11.6. The standard InChI is InChI=1S/C18H23N3O3/c1-12-2-4-14(5-3-12)18-21-15(11-24-18)10-20-17(22)16(19)13-6-8-23-9-7-13/h2-5,11,13,16H,6-10,19H2,1H3,(H,20,22). The molecule has 2 heterocycles. The van der Waals surface area contributed by atoms with Gasteiger partial charge in [0.1, 0.15) is 6.26 Å². The second kappa shape index (κ2) is 7.59. The number of aryl methyl sites for hydroxylation is 1. The molecule has 3 rings (SSSR count). The van der Waals surface area contributed by atoms with Crippen molar-refractivity contribution in [2.24, 2.45) is 11.7 Å². The number of benzene rings is 1. The molecule has 1 aliphatic heterocycles. The van der Waals surface area contributed by atoms with Crippen LogP contribution in [0, 0.1) is 12.8 Å². The Morgan fingerprint density at radius 2 is 2.04 bits per heavy atom. The molecule has 1 saturated heterocycles. The van der Waals surface area contributed by atoms with E-state index in [1.54, 1.807) is 6.26 Å². The Bertz CT molecular complexity index is 675. The predicted molar refractivity (Wildman–Crippen MR) is 90.0 cm³/mol. The van der Waals surface area contributed by atoms with Crippen LogP contribution >= 0.6 is 0 Å². The van der Waals surface area contributed by atoms with Crippen molar-refractivity contribution >= 4 is 5.91 Å². The quantitative estimate of drug-likeness (QED) is 0.876. The summed E-state index contributed by atoms with van der Waals surface area (Å²) in [6.45, 7) is 3.69. The second-order valence-corrected chi connectivity index (χ2v) is 6.20. The van der Waals surface area contributed by atoms with Crippen LogP contribution in [-0.2, 0) is 16.1 Å². The van der Waals surface area contributed by atoms with Crippen molar-refractivity contribution in [3.05, 3.63) is 41.8 Å². The molecule has 0 radical (unpaired) electrons. The lowest BCUT2D eigenvalue weighted by molar-refractivity contribution is -0.124. The zero-order valence-electron chi connectivity index (χ0n) is 13.8. The zero-order chi connectivity index (χ0) is 16.9. The predicted octanol–water partition coefficient (Wildman–Crippen LogP) is 2.02. The third-order valence-electron chi connectivity index (χ3n) is 4.37. The molecule has 128 valence electrons. The summed E-state index contributed by atoms with van der Waals surface area (Å²) in [5.74, 6) is 0.578. The minimum absolute atomic E-state index is 0.151. The van der Waals surface area contributed by atoms with E-state index >= 15 is 0 Å². The van der Waals surface area contributed by atoms with Crippen molar-refractivity contribution in [3.63, 3.8) is 0 Å². The van der Waals surface area contributed by atoms with Gasteiger partial charge >= 0.3 is 0 Å². The highest BCUT2D eigenvalue weighted by atomic mass is 16.5. The smallest absolute Gasteiger partial charge is 0.237 e. The number of carbonyl (C=O) groups is 1. The van der Waals surface area contributed by atoms with Gasteiger partial charge in [-0.2, -0.15) is 0 Å². The van der Waals surface area contributed by atoms with Crippen molar-refractivity contribution in [1.29, 1.82) is 0 Å². The van der Waals surface area contributed by atoms with Crippen molar-refractivity contribution in [1.82, 2.24) is 10.3 Å². The molecule has 0 spiro atoms. The molecular weight excluding hydrogens is 306 g/mol. The van der Waals surface area contributed by atoms with Gasteiger partial charge in [-0.05, 0) is 37.8 Å². The van der Waals surface area contributed by atoms with Crippen LogP contribution in [0.3, 0.4) is 0 Å². The largest absolute Gasteiger partial charge is 0.444 e. The van der Waals surface area contributed by atoms with Gasteiger partial charge in [0.25, 0.3) is 0 Å². The van der Waals surface area contributed by atoms with Crippen molar-refractivity contribution in [2.45, 2.75) is 32.4 Å². The molecule has 0 aliphatic carbocycles. The van der Waals surface area contributed by atoms with Crippen molar-refractivity contribution < 1.29 is 13.9 Å². The number of amides is 1. The van der Waals surface area contributed by atoms with Crippen LogP contribution in [-0.4, -0.2) is 30.1 Å². The average Bonchev–Trinajstić information content (AvgIpc) is 3.09. The fourth-order valence-corrected chi connectivity index (χ4v) is 2.80. The average molecular weight is 329 g/mol. The molecule has 1 aliphatic rings. The minimum Gasteiger partial charge on any atom is -0.444 e. The Kier molecular flexibility index (Phi) is 5.27. The van der Waals surface area contributed by atoms with Gasteiger partial charge in [0.15, 0.2) is 0 Å². The molecule has 1 aromatic heterocycles. The van der Waals surface area contributed by atoms with Crippen molar-refractivity contribution in [3.8, 4) is 11.5 Å². The summed E-state index contributed by atoms with van der Waals surface area (Å²) in [7, 11) is 0. The highest BCUT2D eigenvalue weighted by molar-refractivity contribution is 5.81. The maximum absolute atomic E-state index is 12.2. The normalized spacial score (nSPS) is 16.8. The number of nitrogens with two attached hydrogens (primary N) is 1. The van der Waals surface area contributed by atoms with E-state index in [2.05, 4.69) is 10.3 Å². The van der Waals surface area contributed by atoms with E-state index < -0.39 is 6.04 Å². The highest BCUT2D eigenvalue weighted by Crippen LogP contribution is 2.20. The number of rotatable bonds is 5. The highest BCUT2D eigenvalue weighted by Gasteiger charge is 2.26. The molecule has 1 atom stereocenters. The van der Waals surface area contributed by atoms with Gasteiger partial charge in [0.05, 0.1) is 18.3 Å². The van der Waals surface area contributed by atoms with Crippen LogP contribution in [0.15, 0.2) is 34.9 Å². The zero-order valence-corrected chi connectivity index (χ0v) is 13.8. The number of hydrogen-bond acceptors (Lipinski definition) is 5. The van der Waals surface area contributed by atoms with Crippen LogP contribution in [0.4, 0.5) is 0 Å². The van der Waals surface area contributed by atoms with Gasteiger partial charge in [-0.15, -0.1) is 0 Å². The summed E-state index contributed by atoms with van der Waals surface area (Å²) in [6.07, 6.45) is 3.22. The summed E-state index contributed by atoms with van der Waals surface area (Å²) >= 11 is 0. The Morgan fingerprint density at radius 3 is 2.75 bits per heavy atom. The number of hydrogen-bond donors (Lipinski definition) is 2. The molecular formula is C18H23N3O3. The summed E-state index contributed by atoms with van der Waals surface area (Å²) in [4.78, 5) is 16.6. The van der Waals surface area contributed by atoms with Crippen LogP contribution < -0.4 is 11.1 Å². The monoisotopic (exact) mass is 329 g/mol. The lowest BCUT2D eigenvalue weighted by Crippen LogP contribution is -2.46. The summed E-state index contributed by atoms with van der Waals surface area (Å²) in [5, 5.41) is 2.84. The van der Waals surface area contributed by atoms with Gasteiger partial charge in [-0.1, -0.05) is 17.7 Å². The number of aromatic nitrogens is 1. The molecule has 1 aromatic carbocycles. The summed E-state index contributed by atoms with van der Waals surface area (Å²) in [5.41, 5.74) is 8.83. The van der Waals surface area contributed by atoms with Gasteiger partial charge in [-0.3, -0.25) is 4.79 Å². The molecule has 3 N–H and O–H groups in total. The van der Waals surface area contributed by atoms with Gasteiger partial charge < -0.3 is 20.2 Å². The molecule has 6 heteroatoms. The molecule has 6 nitrogen and oxygen atoms in total. The molecule has 0 bridgehead atoms. The topological polar surface area (TPSA) is 90.4 Å². The van der Waals surface area contributed by atoms with Crippen molar-refractivity contribution in [2.75, 3.05) is 13.2 Å². The summed E-state index contributed by atoms with van der Waals surface area (Å²) < 4.78 is 10.8. The van der Waals surface area contributed by atoms with E-state index in [0.29, 0.717) is 31.3 Å². The molecule has 1 fully saturated rings. The third-order valence-corrected chi connectivity index (χ3v) is 4.37. The van der Waals surface area contributed by atoms with Crippen LogP contribution in [0.2, 0.25) is 0 Å². The fourth-order valence-electron chi connectivity index (χ4n) is 2.80. The number of ether oxygens (including phenoxy) is 1.